The van der Waals surface area contributed by atoms with Gasteiger partial charge in [-0.1, -0.05) is 0 Å². The molecule has 24 valence electrons. The number of rotatable bonds is 0. The van der Waals surface area contributed by atoms with E-state index in [2.05, 4.69) is 16.5 Å². The Morgan fingerprint density at radius 1 is 1.80 bits per heavy atom. The third-order valence-corrected chi connectivity index (χ3v) is 2.23. The van der Waals surface area contributed by atoms with Crippen LogP contribution in [0.1, 0.15) is 0 Å². The van der Waals surface area contributed by atoms with Crippen LogP contribution in [-0.2, 0) is 0 Å². The van der Waals surface area contributed by atoms with E-state index in [1.54, 1.807) is 0 Å². The van der Waals surface area contributed by atoms with Crippen molar-refractivity contribution in [2.24, 2.45) is 0 Å². The second-order valence-electron chi connectivity index (χ2n) is 0.952. The summed E-state index contributed by atoms with van der Waals surface area (Å²) in [6.45, 7) is 0. The predicted molar refractivity (Wildman–Crippen MR) is 25.5 cm³/mol. The van der Waals surface area contributed by atoms with E-state index in [4.69, 9.17) is 0 Å². The van der Waals surface area contributed by atoms with Crippen LogP contribution in [-0.4, -0.2) is 20.7 Å². The van der Waals surface area contributed by atoms with Crippen LogP contribution in [0.5, 0.6) is 0 Å². The van der Waals surface area contributed by atoms with Crippen molar-refractivity contribution in [3.8, 4) is 0 Å². The molecule has 0 aromatic rings. The summed E-state index contributed by atoms with van der Waals surface area (Å²) in [6, 6.07) is 0. The van der Waals surface area contributed by atoms with Gasteiger partial charge in [-0.05, 0) is 0 Å². The fourth-order valence-corrected chi connectivity index (χ4v) is 1.58. The van der Waals surface area contributed by atoms with Gasteiger partial charge >= 0.3 is 37.9 Å². The van der Waals surface area contributed by atoms with Crippen LogP contribution in [0.3, 0.4) is 0 Å². The summed E-state index contributed by atoms with van der Waals surface area (Å²) in [7, 11) is 0. The van der Waals surface area contributed by atoms with E-state index in [1.165, 1.54) is 6.32 Å². The number of hydrogen-bond donors (Lipinski definition) is 0. The molecule has 0 aromatic heterocycles. The molecule has 0 atom stereocenters. The summed E-state index contributed by atoms with van der Waals surface area (Å²) in [6.07, 6.45) is 3.46. The molecule has 1 heterocycles. The van der Waals surface area contributed by atoms with Crippen molar-refractivity contribution in [1.82, 2.24) is 0 Å². The van der Waals surface area contributed by atoms with Crippen molar-refractivity contribution < 1.29 is 0 Å². The van der Waals surface area contributed by atoms with Gasteiger partial charge in [-0.2, -0.15) is 0 Å². The van der Waals surface area contributed by atoms with Gasteiger partial charge in [0.25, 0.3) is 0 Å². The van der Waals surface area contributed by atoms with Gasteiger partial charge in [0, 0.05) is 0 Å². The molecule has 0 nitrogen and oxygen atoms in total. The van der Waals surface area contributed by atoms with Gasteiger partial charge in [0.2, 0.25) is 0 Å². The van der Waals surface area contributed by atoms with E-state index in [-0.39, 0.29) is 0 Å². The molecular weight excluding hydrogens is 122 g/mol. The molecule has 0 N–H and O–H groups in total. The molecule has 0 amide bonds. The van der Waals surface area contributed by atoms with Crippen molar-refractivity contribution in [2.75, 3.05) is 0 Å². The van der Waals surface area contributed by atoms with Crippen LogP contribution in [0.2, 0.25) is 6.32 Å². The molecular formula is C3H4AsB. The third kappa shape index (κ3) is 0.847. The maximum atomic E-state index is 2.34. The second kappa shape index (κ2) is 1.72. The van der Waals surface area contributed by atoms with E-state index >= 15 is 0 Å². The normalized spacial score (nSPS) is 19.2. The molecule has 0 bridgehead atoms. The summed E-state index contributed by atoms with van der Waals surface area (Å²) in [4.78, 5) is 2.27. The van der Waals surface area contributed by atoms with Crippen molar-refractivity contribution in [3.63, 3.8) is 0 Å². The zero-order valence-corrected chi connectivity index (χ0v) is 4.76. The molecule has 5 heavy (non-hydrogen) atoms. The van der Waals surface area contributed by atoms with Crippen molar-refractivity contribution in [1.29, 1.82) is 0 Å². The van der Waals surface area contributed by atoms with Crippen LogP contribution < -0.4 is 0 Å². The summed E-state index contributed by atoms with van der Waals surface area (Å²) >= 11 is 0.549. The maximum absolute atomic E-state index is 2.34. The van der Waals surface area contributed by atoms with Crippen LogP contribution >= 0.6 is 0 Å². The standard InChI is InChI=1S/C3H4AsB/c1-2-4-5-3-1/h1-2H,3H2. The molecule has 0 unspecified atom stereocenters. The molecule has 0 aliphatic carbocycles. The quantitative estimate of drug-likeness (QED) is 0.408. The van der Waals surface area contributed by atoms with E-state index in [0.717, 1.165) is 0 Å². The van der Waals surface area contributed by atoms with Crippen molar-refractivity contribution in [3.05, 3.63) is 10.9 Å². The number of hydrogen-bond acceptors (Lipinski definition) is 0. The van der Waals surface area contributed by atoms with Crippen LogP contribution in [0, 0.1) is 0 Å². The summed E-state index contributed by atoms with van der Waals surface area (Å²) in [5.41, 5.74) is 2.34. The first-order valence-corrected chi connectivity index (χ1v) is 3.83. The molecule has 0 fully saturated rings. The van der Waals surface area contributed by atoms with Crippen LogP contribution in [0.4, 0.5) is 0 Å². The van der Waals surface area contributed by atoms with Crippen LogP contribution in [0.15, 0.2) is 10.9 Å². The Labute approximate surface area is 38.5 Å². The Kier molecular flexibility index (Phi) is 1.22. The SMILES string of the molecule is B1=[As]C=CC1. The Morgan fingerprint density at radius 3 is 3.00 bits per heavy atom. The monoisotopic (exact) mass is 126 g/mol. The van der Waals surface area contributed by atoms with Crippen LogP contribution in [0.25, 0.3) is 0 Å². The van der Waals surface area contributed by atoms with E-state index in [0.29, 0.717) is 15.1 Å². The molecule has 1 aliphatic rings. The minimum absolute atomic E-state index is 0.549. The van der Waals surface area contributed by atoms with Crippen molar-refractivity contribution in [2.45, 2.75) is 6.32 Å². The summed E-state index contributed by atoms with van der Waals surface area (Å²) < 4.78 is 0. The minimum atomic E-state index is 0.549. The van der Waals surface area contributed by atoms with Crippen molar-refractivity contribution >= 4 is 20.7 Å². The fraction of sp³-hybridized carbons (Fsp3) is 0.333. The second-order valence-corrected chi connectivity index (χ2v) is 2.97. The van der Waals surface area contributed by atoms with Gasteiger partial charge in [-0.25, -0.2) is 0 Å². The van der Waals surface area contributed by atoms with Gasteiger partial charge < -0.3 is 0 Å². The fourth-order valence-electron chi connectivity index (χ4n) is 0.304. The molecule has 1 rings (SSSR count). The molecule has 0 radical (unpaired) electrons. The Hall–Kier alpha value is 0.363. The van der Waals surface area contributed by atoms with E-state index in [9.17, 15) is 0 Å². The Balaban J connectivity index is 2.61. The van der Waals surface area contributed by atoms with E-state index in [1.807, 2.05) is 0 Å². The van der Waals surface area contributed by atoms with Gasteiger partial charge in [0.1, 0.15) is 0 Å². The van der Waals surface area contributed by atoms with Gasteiger partial charge in [0.15, 0.2) is 0 Å². The first-order chi connectivity index (χ1) is 2.50. The Morgan fingerprint density at radius 2 is 2.80 bits per heavy atom. The molecule has 0 saturated heterocycles. The molecule has 2 heteroatoms. The molecule has 1 aliphatic heterocycles. The topological polar surface area (TPSA) is 0 Å². The number of allylic oxidation sites excluding steroid dienone is 1. The summed E-state index contributed by atoms with van der Waals surface area (Å²) in [5, 5.41) is 0. The first-order valence-electron chi connectivity index (χ1n) is 1.67. The van der Waals surface area contributed by atoms with Gasteiger partial charge in [-0.3, -0.25) is 0 Å². The average Bonchev–Trinajstić information content (AvgIpc) is 1.76. The summed E-state index contributed by atoms with van der Waals surface area (Å²) in [5.74, 6) is 0. The van der Waals surface area contributed by atoms with E-state index < -0.39 is 0 Å². The molecule has 0 spiro atoms. The zero-order valence-electron chi connectivity index (χ0n) is 2.89. The molecule has 0 aromatic carbocycles. The van der Waals surface area contributed by atoms with Gasteiger partial charge in [-0.15, -0.1) is 0 Å². The average molecular weight is 126 g/mol. The predicted octanol–water partition coefficient (Wildman–Crippen LogP) is 0.255. The Bertz CT molecular complexity index is 65.0. The first kappa shape index (κ1) is 3.55. The zero-order chi connectivity index (χ0) is 3.54. The molecule has 0 saturated carbocycles. The van der Waals surface area contributed by atoms with Gasteiger partial charge in [0.05, 0.1) is 0 Å². The third-order valence-electron chi connectivity index (χ3n) is 0.538.